The molecule has 0 saturated heterocycles. The number of rotatable bonds is 20. The lowest BCUT2D eigenvalue weighted by Gasteiger charge is -2.34. The molecule has 0 heterocycles. The quantitative estimate of drug-likeness (QED) is 0.0590. The number of unbranched alkanes of at least 4 members (excludes halogenated alkanes) is 2. The van der Waals surface area contributed by atoms with Crippen molar-refractivity contribution in [3.63, 3.8) is 0 Å². The van der Waals surface area contributed by atoms with E-state index in [1.165, 1.54) is 79.2 Å². The second kappa shape index (κ2) is 28.2. The highest BCUT2D eigenvalue weighted by atomic mass is 19.1. The van der Waals surface area contributed by atoms with E-state index in [1.807, 2.05) is 0 Å². The van der Waals surface area contributed by atoms with Crippen LogP contribution >= 0.6 is 0 Å². The summed E-state index contributed by atoms with van der Waals surface area (Å²) in [5.41, 5.74) is 13.3. The Bertz CT molecular complexity index is 4440. The van der Waals surface area contributed by atoms with Gasteiger partial charge in [-0.2, -0.15) is 0 Å². The number of fused-ring (bicyclic) bond motifs is 4. The van der Waals surface area contributed by atoms with Crippen molar-refractivity contribution in [2.45, 2.75) is 256 Å². The highest BCUT2D eigenvalue weighted by Gasteiger charge is 2.35. The number of phenols is 2. The van der Waals surface area contributed by atoms with E-state index in [2.05, 4.69) is 263 Å². The van der Waals surface area contributed by atoms with Crippen LogP contribution in [0.4, 0.5) is 8.78 Å². The Labute approximate surface area is 605 Å². The number of phenolic OH excluding ortho intramolecular Hbond substituents is 2. The molecule has 0 fully saturated rings. The largest absolute Gasteiger partial charge is 0.507 e. The molecule has 2 N–H and O–H groups in total. The Hall–Kier alpha value is -7.70. The summed E-state index contributed by atoms with van der Waals surface area (Å²) in [6.45, 7) is 54.6. The third-order valence-electron chi connectivity index (χ3n) is 21.0. The molecule has 0 aliphatic rings. The van der Waals surface area contributed by atoms with Crippen molar-refractivity contribution in [2.24, 2.45) is 10.8 Å². The summed E-state index contributed by atoms with van der Waals surface area (Å²) in [7, 11) is 0. The Kier molecular flexibility index (Phi) is 21.2. The van der Waals surface area contributed by atoms with Crippen molar-refractivity contribution in [3.05, 3.63) is 190 Å². The van der Waals surface area contributed by atoms with Crippen molar-refractivity contribution in [3.8, 4) is 67.5 Å². The molecule has 4 nitrogen and oxygen atoms in total. The van der Waals surface area contributed by atoms with Crippen LogP contribution in [-0.2, 0) is 45.3 Å². The molecule has 10 rings (SSSR count). The first-order chi connectivity index (χ1) is 46.9. The first kappa shape index (κ1) is 76.0. The standard InChI is InChI=1S/C95H118F2O4/c1-25-27-30-66-68-38-32-60(92(15,16)17)48-76(68)84(70-40-34-58(46-72(66)70)90(9,10)11)80-52-62(94(21,22)56-88(3,4)5)50-78(86(80)98)74-54-64(96)36-42-82(74)100-44-29-45-101-83-43-37-65(97)55-75(83)79-51-63(95(23,24)57-89(6,7)8)53-81(87(79)99)85-71-41-35-59(91(12,13)14)47-73(71)67(31-28-26-2)69-39-33-61(49-77(69)85)93(18,19)20/h32-43,46-55,98-99H,25-31,44-45,56-57H2,1-24H3. The number of hydrogen-bond acceptors (Lipinski definition) is 4. The van der Waals surface area contributed by atoms with Crippen molar-refractivity contribution < 1.29 is 28.5 Å². The molecule has 0 aliphatic carbocycles. The maximum absolute atomic E-state index is 16.3. The van der Waals surface area contributed by atoms with Crippen LogP contribution in [0.15, 0.2) is 133 Å². The molecule has 536 valence electrons. The molecule has 6 heteroatoms. The number of ether oxygens (including phenoxy) is 2. The summed E-state index contributed by atoms with van der Waals surface area (Å²) in [5.74, 6) is 0.0510. The zero-order chi connectivity index (χ0) is 74.1. The smallest absolute Gasteiger partial charge is 0.131 e. The highest BCUT2D eigenvalue weighted by Crippen LogP contribution is 2.54. The summed E-state index contributed by atoms with van der Waals surface area (Å²) in [4.78, 5) is 0. The fourth-order valence-corrected chi connectivity index (χ4v) is 16.1. The van der Waals surface area contributed by atoms with Crippen LogP contribution in [0.2, 0.25) is 0 Å². The van der Waals surface area contributed by atoms with Gasteiger partial charge in [0.05, 0.1) is 13.2 Å². The molecule has 101 heavy (non-hydrogen) atoms. The third-order valence-corrected chi connectivity index (χ3v) is 21.0. The summed E-state index contributed by atoms with van der Waals surface area (Å²) >= 11 is 0. The van der Waals surface area contributed by atoms with Gasteiger partial charge < -0.3 is 19.7 Å². The van der Waals surface area contributed by atoms with Crippen molar-refractivity contribution in [1.82, 2.24) is 0 Å². The van der Waals surface area contributed by atoms with Gasteiger partial charge in [-0.1, -0.05) is 240 Å². The molecule has 0 radical (unpaired) electrons. The third kappa shape index (κ3) is 16.4. The average Bonchev–Trinajstić information content (AvgIpc) is 0.728. The van der Waals surface area contributed by atoms with Crippen LogP contribution < -0.4 is 9.47 Å². The number of benzene rings is 10. The van der Waals surface area contributed by atoms with E-state index >= 15 is 8.78 Å². The minimum absolute atomic E-state index is 0.0495. The summed E-state index contributed by atoms with van der Waals surface area (Å²) in [5, 5.41) is 35.9. The first-order valence-electron chi connectivity index (χ1n) is 37.6. The second-order valence-corrected chi connectivity index (χ2v) is 37.4. The predicted molar refractivity (Wildman–Crippen MR) is 430 cm³/mol. The Morgan fingerprint density at radius 3 is 0.921 bits per heavy atom. The van der Waals surface area contributed by atoms with Crippen LogP contribution in [0.3, 0.4) is 0 Å². The van der Waals surface area contributed by atoms with Crippen LogP contribution in [0.1, 0.15) is 256 Å². The molecular formula is C95H118F2O4. The molecule has 0 amide bonds. The lowest BCUT2D eigenvalue weighted by Crippen LogP contribution is -2.25. The zero-order valence-corrected chi connectivity index (χ0v) is 65.9. The van der Waals surface area contributed by atoms with Gasteiger partial charge in [0.25, 0.3) is 0 Å². The Morgan fingerprint density at radius 1 is 0.307 bits per heavy atom. The maximum atomic E-state index is 16.3. The first-order valence-corrected chi connectivity index (χ1v) is 37.6. The van der Waals surface area contributed by atoms with Gasteiger partial charge in [-0.05, 0) is 242 Å². The number of aryl methyl sites for hydroxylation is 2. The normalized spacial score (nSPS) is 13.2. The molecule has 10 aromatic carbocycles. The molecule has 0 atom stereocenters. The Morgan fingerprint density at radius 2 is 0.614 bits per heavy atom. The van der Waals surface area contributed by atoms with E-state index in [1.54, 1.807) is 12.1 Å². The molecule has 0 spiro atoms. The molecule has 0 bridgehead atoms. The molecule has 0 aliphatic heterocycles. The van der Waals surface area contributed by atoms with Crippen LogP contribution in [0.25, 0.3) is 87.6 Å². The highest BCUT2D eigenvalue weighted by molar-refractivity contribution is 6.18. The van der Waals surface area contributed by atoms with Crippen LogP contribution in [0, 0.1) is 22.5 Å². The van der Waals surface area contributed by atoms with Crippen molar-refractivity contribution >= 4 is 43.1 Å². The SMILES string of the molecule is CCCCc1c2cc(C(C)(C)C)ccc2c(-c2cc(C(C)(C)CC(C)(C)C)cc(-c3cc(F)ccc3OCCCOc3ccc(F)cc3-c3cc(C(C)(C)CC(C)(C)C)cc(-c4c5ccc(C(C)(C)C)cc5c(CCCC)c5ccc(C(C)(C)C)cc45)c3O)c2O)c2cc(C(C)(C)C)ccc12. The van der Waals surface area contributed by atoms with E-state index in [-0.39, 0.29) is 68.0 Å². The van der Waals surface area contributed by atoms with Crippen molar-refractivity contribution in [2.75, 3.05) is 13.2 Å². The minimum Gasteiger partial charge on any atom is -0.507 e. The fourth-order valence-electron chi connectivity index (χ4n) is 16.1. The van der Waals surface area contributed by atoms with Crippen molar-refractivity contribution in [1.29, 1.82) is 0 Å². The predicted octanol–water partition coefficient (Wildman–Crippen LogP) is 27.8. The average molecular weight is 1360 g/mol. The summed E-state index contributed by atoms with van der Waals surface area (Å²) in [6, 6.07) is 45.4. The van der Waals surface area contributed by atoms with Crippen LogP contribution in [-0.4, -0.2) is 23.4 Å². The Balaban J connectivity index is 1.09. The summed E-state index contributed by atoms with van der Waals surface area (Å²) < 4.78 is 46.1. The van der Waals surface area contributed by atoms with E-state index < -0.39 is 11.6 Å². The topological polar surface area (TPSA) is 58.9 Å². The summed E-state index contributed by atoms with van der Waals surface area (Å²) in [6.07, 6.45) is 8.09. The molecule has 0 aromatic heterocycles. The van der Waals surface area contributed by atoms with Gasteiger partial charge >= 0.3 is 0 Å². The van der Waals surface area contributed by atoms with Crippen LogP contribution in [0.5, 0.6) is 23.0 Å². The maximum Gasteiger partial charge on any atom is 0.131 e. The fraction of sp³-hybridized carbons (Fsp3) is 0.453. The molecule has 0 saturated carbocycles. The molecular weight excluding hydrogens is 1240 g/mol. The zero-order valence-electron chi connectivity index (χ0n) is 65.9. The number of halogens is 2. The van der Waals surface area contributed by atoms with Gasteiger partial charge in [0.1, 0.15) is 34.6 Å². The second-order valence-electron chi connectivity index (χ2n) is 37.4. The lowest BCUT2D eigenvalue weighted by atomic mass is 9.71. The van der Waals surface area contributed by atoms with E-state index in [0.29, 0.717) is 51.3 Å². The molecule has 0 unspecified atom stereocenters. The molecule has 10 aromatic rings. The minimum atomic E-state index is -0.451. The van der Waals surface area contributed by atoms with Gasteiger partial charge in [-0.15, -0.1) is 0 Å². The van der Waals surface area contributed by atoms with Gasteiger partial charge in [-0.25, -0.2) is 8.78 Å². The van der Waals surface area contributed by atoms with Gasteiger partial charge in [0.2, 0.25) is 0 Å². The van der Waals surface area contributed by atoms with Gasteiger partial charge in [0, 0.05) is 50.9 Å². The van der Waals surface area contributed by atoms with E-state index in [4.69, 9.17) is 9.47 Å². The van der Waals surface area contributed by atoms with Gasteiger partial charge in [-0.3, -0.25) is 0 Å². The van der Waals surface area contributed by atoms with E-state index in [9.17, 15) is 10.2 Å². The lowest BCUT2D eigenvalue weighted by molar-refractivity contribution is 0.248. The number of hydrogen-bond donors (Lipinski definition) is 2. The van der Waals surface area contributed by atoms with Gasteiger partial charge in [0.15, 0.2) is 0 Å². The van der Waals surface area contributed by atoms with E-state index in [0.717, 1.165) is 95.2 Å². The monoisotopic (exact) mass is 1360 g/mol. The number of aromatic hydroxyl groups is 2.